The minimum Gasteiger partial charge on any atom is -0.247 e. The Labute approximate surface area is 96.9 Å². The average molecular weight is 352 g/mol. The molecule has 2 N–H and O–H groups in total. The van der Waals surface area contributed by atoms with E-state index in [4.69, 9.17) is 0 Å². The van der Waals surface area contributed by atoms with Crippen LogP contribution in [0.2, 0.25) is 0 Å². The first-order chi connectivity index (χ1) is 6.75. The van der Waals surface area contributed by atoms with Crippen LogP contribution in [0.3, 0.4) is 0 Å². The van der Waals surface area contributed by atoms with Gasteiger partial charge in [0, 0.05) is 6.20 Å². The molecule has 0 aliphatic heterocycles. The third kappa shape index (κ3) is 2.58. The summed E-state index contributed by atoms with van der Waals surface area (Å²) in [6.45, 7) is 0. The number of nitrogens with zero attached hydrogens (tertiary/aromatic N) is 1. The zero-order valence-corrected chi connectivity index (χ0v) is 9.89. The third-order valence-electron chi connectivity index (χ3n) is 1.48. The maximum atomic E-state index is 13.3. The molecule has 84 valence electrons. The van der Waals surface area contributed by atoms with Crippen LogP contribution < -0.4 is 5.14 Å². The van der Waals surface area contributed by atoms with Crippen molar-refractivity contribution in [2.75, 3.05) is 0 Å². The predicted octanol–water partition coefficient (Wildman–Crippen LogP) is 1.41. The molecule has 0 bridgehead atoms. The molecule has 0 fully saturated rings. The fraction of sp³-hybridized carbons (Fsp3) is 0.167. The molecule has 4 nitrogen and oxygen atoms in total. The summed E-state index contributed by atoms with van der Waals surface area (Å²) in [5.74, 6) is -1.35. The Balaban J connectivity index is 3.65. The van der Waals surface area contributed by atoms with Gasteiger partial charge in [0.2, 0.25) is 10.0 Å². The Morgan fingerprint density at radius 1 is 1.47 bits per heavy atom. The number of halogens is 4. The number of hydrogen-bond donors (Lipinski definition) is 1. The van der Waals surface area contributed by atoms with Gasteiger partial charge >= 0.3 is 0 Å². The molecule has 0 radical (unpaired) electrons. The Morgan fingerprint density at radius 3 is 2.40 bits per heavy atom. The summed E-state index contributed by atoms with van der Waals surface area (Å²) in [6, 6.07) is 0. The van der Waals surface area contributed by atoms with Gasteiger partial charge in [-0.05, 0) is 22.6 Å². The molecule has 1 aromatic heterocycles. The number of sulfonamides is 1. The number of pyridine rings is 1. The van der Waals surface area contributed by atoms with E-state index in [1.165, 1.54) is 22.6 Å². The number of primary sulfonamides is 1. The standard InChI is InChI=1S/C6H4F3IN2O2S/c7-3-4(15(11,13)14)2(5(8)9)1-12-6(3)10/h1,5H,(H2,11,13,14). The van der Waals surface area contributed by atoms with Crippen molar-refractivity contribution in [1.82, 2.24) is 4.98 Å². The second kappa shape index (κ2) is 4.22. The molecule has 0 aromatic carbocycles. The van der Waals surface area contributed by atoms with E-state index in [0.717, 1.165) is 0 Å². The molecule has 0 atom stereocenters. The van der Waals surface area contributed by atoms with E-state index < -0.39 is 32.7 Å². The molecule has 1 aromatic rings. The van der Waals surface area contributed by atoms with Crippen LogP contribution >= 0.6 is 22.6 Å². The van der Waals surface area contributed by atoms with Crippen LogP contribution in [0, 0.1) is 9.52 Å². The summed E-state index contributed by atoms with van der Waals surface area (Å²) in [5.41, 5.74) is -1.03. The summed E-state index contributed by atoms with van der Waals surface area (Å²) in [6.07, 6.45) is -2.56. The van der Waals surface area contributed by atoms with Crippen molar-refractivity contribution in [1.29, 1.82) is 0 Å². The Bertz CT molecular complexity index is 491. The molecule has 0 unspecified atom stereocenters. The quantitative estimate of drug-likeness (QED) is 0.646. The Kier molecular flexibility index (Phi) is 3.55. The van der Waals surface area contributed by atoms with Crippen LogP contribution in [-0.4, -0.2) is 13.4 Å². The highest BCUT2D eigenvalue weighted by Gasteiger charge is 2.27. The third-order valence-corrected chi connectivity index (χ3v) is 3.22. The van der Waals surface area contributed by atoms with Crippen LogP contribution in [0.1, 0.15) is 12.0 Å². The topological polar surface area (TPSA) is 73.1 Å². The Morgan fingerprint density at radius 2 is 2.00 bits per heavy atom. The summed E-state index contributed by atoms with van der Waals surface area (Å²) in [4.78, 5) is 2.09. The van der Waals surface area contributed by atoms with Gasteiger partial charge in [-0.2, -0.15) is 0 Å². The van der Waals surface area contributed by atoms with Crippen LogP contribution in [0.15, 0.2) is 11.1 Å². The lowest BCUT2D eigenvalue weighted by Crippen LogP contribution is -2.18. The number of nitrogens with two attached hydrogens (primary N) is 1. The molecule has 0 saturated heterocycles. The van der Waals surface area contributed by atoms with Crippen molar-refractivity contribution in [2.24, 2.45) is 5.14 Å². The van der Waals surface area contributed by atoms with Gasteiger partial charge in [0.25, 0.3) is 6.43 Å². The molecule has 0 aliphatic rings. The van der Waals surface area contributed by atoms with Gasteiger partial charge in [-0.25, -0.2) is 31.7 Å². The molecule has 1 rings (SSSR count). The van der Waals surface area contributed by atoms with Gasteiger partial charge < -0.3 is 0 Å². The van der Waals surface area contributed by atoms with Crippen LogP contribution in [0.4, 0.5) is 13.2 Å². The predicted molar refractivity (Wildman–Crippen MR) is 53.2 cm³/mol. The molecule has 0 spiro atoms. The molecular weight excluding hydrogens is 348 g/mol. The van der Waals surface area contributed by atoms with E-state index in [2.05, 4.69) is 10.1 Å². The number of hydrogen-bond acceptors (Lipinski definition) is 3. The van der Waals surface area contributed by atoms with Gasteiger partial charge in [-0.3, -0.25) is 0 Å². The molecule has 9 heteroatoms. The van der Waals surface area contributed by atoms with E-state index in [1.807, 2.05) is 0 Å². The van der Waals surface area contributed by atoms with Crippen molar-refractivity contribution in [3.63, 3.8) is 0 Å². The van der Waals surface area contributed by atoms with E-state index >= 15 is 0 Å². The Hall–Kier alpha value is -0.420. The first-order valence-electron chi connectivity index (χ1n) is 3.40. The monoisotopic (exact) mass is 352 g/mol. The van der Waals surface area contributed by atoms with Crippen molar-refractivity contribution in [3.05, 3.63) is 21.3 Å². The van der Waals surface area contributed by atoms with Crippen molar-refractivity contribution in [2.45, 2.75) is 11.3 Å². The van der Waals surface area contributed by atoms with Crippen molar-refractivity contribution in [3.8, 4) is 0 Å². The SMILES string of the molecule is NS(=O)(=O)c1c(C(F)F)cnc(I)c1F. The first kappa shape index (κ1) is 12.6. The number of rotatable bonds is 2. The average Bonchev–Trinajstić information content (AvgIpc) is 2.06. The van der Waals surface area contributed by atoms with Crippen LogP contribution in [-0.2, 0) is 10.0 Å². The van der Waals surface area contributed by atoms with Crippen LogP contribution in [0.25, 0.3) is 0 Å². The highest BCUT2D eigenvalue weighted by Crippen LogP contribution is 2.28. The maximum absolute atomic E-state index is 13.3. The summed E-state index contributed by atoms with van der Waals surface area (Å²) in [5, 5.41) is 4.63. The minimum atomic E-state index is -4.53. The van der Waals surface area contributed by atoms with Gasteiger partial charge in [-0.1, -0.05) is 0 Å². The van der Waals surface area contributed by atoms with Crippen LogP contribution in [0.5, 0.6) is 0 Å². The molecule has 0 amide bonds. The number of aromatic nitrogens is 1. The fourth-order valence-electron chi connectivity index (χ4n) is 0.907. The normalized spacial score (nSPS) is 12.1. The molecule has 0 saturated carbocycles. The van der Waals surface area contributed by atoms with Gasteiger partial charge in [-0.15, -0.1) is 0 Å². The molecule has 15 heavy (non-hydrogen) atoms. The van der Waals surface area contributed by atoms with E-state index in [-0.39, 0.29) is 3.70 Å². The van der Waals surface area contributed by atoms with Gasteiger partial charge in [0.1, 0.15) is 8.60 Å². The van der Waals surface area contributed by atoms with Crippen molar-refractivity contribution < 1.29 is 21.6 Å². The molecule has 0 aliphatic carbocycles. The minimum absolute atomic E-state index is 0.332. The van der Waals surface area contributed by atoms with E-state index in [9.17, 15) is 21.6 Å². The molecule has 1 heterocycles. The fourth-order valence-corrected chi connectivity index (χ4v) is 2.32. The lowest BCUT2D eigenvalue weighted by atomic mass is 10.3. The second-order valence-corrected chi connectivity index (χ2v) is 5.01. The van der Waals surface area contributed by atoms with Crippen molar-refractivity contribution >= 4 is 32.6 Å². The lowest BCUT2D eigenvalue weighted by Gasteiger charge is -2.07. The smallest absolute Gasteiger partial charge is 0.247 e. The summed E-state index contributed by atoms with van der Waals surface area (Å²) in [7, 11) is -4.53. The van der Waals surface area contributed by atoms with E-state index in [1.54, 1.807) is 0 Å². The van der Waals surface area contributed by atoms with Gasteiger partial charge in [0.05, 0.1) is 5.56 Å². The largest absolute Gasteiger partial charge is 0.266 e. The first-order valence-corrected chi connectivity index (χ1v) is 6.02. The van der Waals surface area contributed by atoms with Gasteiger partial charge in [0.15, 0.2) is 5.82 Å². The molecular formula is C6H4F3IN2O2S. The summed E-state index contributed by atoms with van der Waals surface area (Å²) >= 11 is 1.38. The second-order valence-electron chi connectivity index (χ2n) is 2.49. The zero-order chi connectivity index (χ0) is 11.8. The van der Waals surface area contributed by atoms with E-state index in [0.29, 0.717) is 6.20 Å². The lowest BCUT2D eigenvalue weighted by molar-refractivity contribution is 0.146. The highest BCUT2D eigenvalue weighted by atomic mass is 127. The summed E-state index contributed by atoms with van der Waals surface area (Å²) < 4.78 is 59.4. The number of alkyl halides is 2. The highest BCUT2D eigenvalue weighted by molar-refractivity contribution is 14.1. The maximum Gasteiger partial charge on any atom is 0.266 e. The zero-order valence-electron chi connectivity index (χ0n) is 6.92.